The SMILES string of the molecule is COc1ccc(O)c(C(=O)Nc2[nH]ncc2C(N)=S)c1. The lowest BCUT2D eigenvalue weighted by atomic mass is 10.1. The van der Waals surface area contributed by atoms with Gasteiger partial charge < -0.3 is 20.9 Å². The average Bonchev–Trinajstić information content (AvgIpc) is 2.87. The summed E-state index contributed by atoms with van der Waals surface area (Å²) in [6.45, 7) is 0. The van der Waals surface area contributed by atoms with E-state index in [1.165, 1.54) is 25.4 Å². The summed E-state index contributed by atoms with van der Waals surface area (Å²) in [6.07, 6.45) is 1.41. The van der Waals surface area contributed by atoms with E-state index in [1.54, 1.807) is 6.07 Å². The molecule has 8 heteroatoms. The summed E-state index contributed by atoms with van der Waals surface area (Å²) in [6, 6.07) is 4.33. The number of anilines is 1. The lowest BCUT2D eigenvalue weighted by molar-refractivity contribution is 0.102. The highest BCUT2D eigenvalue weighted by Gasteiger charge is 2.16. The first-order valence-electron chi connectivity index (χ1n) is 5.54. The number of amides is 1. The smallest absolute Gasteiger partial charge is 0.260 e. The number of aromatic hydroxyl groups is 1. The fraction of sp³-hybridized carbons (Fsp3) is 0.0833. The second-order valence-electron chi connectivity index (χ2n) is 3.86. The molecule has 1 aromatic carbocycles. The zero-order chi connectivity index (χ0) is 14.7. The minimum atomic E-state index is -0.539. The van der Waals surface area contributed by atoms with Crippen molar-refractivity contribution in [2.75, 3.05) is 12.4 Å². The number of nitrogens with two attached hydrogens (primary N) is 1. The minimum absolute atomic E-state index is 0.0628. The number of rotatable bonds is 4. The maximum Gasteiger partial charge on any atom is 0.260 e. The van der Waals surface area contributed by atoms with Crippen LogP contribution in [-0.2, 0) is 0 Å². The predicted molar refractivity (Wildman–Crippen MR) is 77.1 cm³/mol. The zero-order valence-corrected chi connectivity index (χ0v) is 11.3. The van der Waals surface area contributed by atoms with Gasteiger partial charge in [0.2, 0.25) is 0 Å². The fourth-order valence-electron chi connectivity index (χ4n) is 1.57. The van der Waals surface area contributed by atoms with Gasteiger partial charge in [-0.25, -0.2) is 0 Å². The first kappa shape index (κ1) is 13.8. The number of hydrogen-bond acceptors (Lipinski definition) is 5. The summed E-state index contributed by atoms with van der Waals surface area (Å²) in [4.78, 5) is 12.2. The van der Waals surface area contributed by atoms with Crippen LogP contribution in [0.3, 0.4) is 0 Å². The Bertz CT molecular complexity index is 668. The highest BCUT2D eigenvalue weighted by molar-refractivity contribution is 7.80. The molecule has 0 unspecified atom stereocenters. The summed E-state index contributed by atoms with van der Waals surface area (Å²) >= 11 is 4.84. The lowest BCUT2D eigenvalue weighted by Crippen LogP contribution is -2.17. The van der Waals surface area contributed by atoms with E-state index in [-0.39, 0.29) is 22.1 Å². The Morgan fingerprint density at radius 3 is 2.90 bits per heavy atom. The summed E-state index contributed by atoms with van der Waals surface area (Å²) in [5.74, 6) is 0.0136. The van der Waals surface area contributed by atoms with Crippen LogP contribution in [0.4, 0.5) is 5.82 Å². The molecule has 2 aromatic rings. The second kappa shape index (κ2) is 5.57. The van der Waals surface area contributed by atoms with E-state index >= 15 is 0 Å². The van der Waals surface area contributed by atoms with Gasteiger partial charge in [-0.05, 0) is 18.2 Å². The molecule has 1 amide bonds. The van der Waals surface area contributed by atoms with Crippen LogP contribution in [0.15, 0.2) is 24.4 Å². The van der Waals surface area contributed by atoms with Crippen molar-refractivity contribution in [2.24, 2.45) is 5.73 Å². The Balaban J connectivity index is 2.28. The second-order valence-corrected chi connectivity index (χ2v) is 4.30. The Hall–Kier alpha value is -2.61. The van der Waals surface area contributed by atoms with E-state index in [0.717, 1.165) is 0 Å². The number of benzene rings is 1. The van der Waals surface area contributed by atoms with Crippen LogP contribution in [0.1, 0.15) is 15.9 Å². The third-order valence-corrected chi connectivity index (χ3v) is 2.81. The van der Waals surface area contributed by atoms with Crippen LogP contribution in [0.2, 0.25) is 0 Å². The van der Waals surface area contributed by atoms with Crippen LogP contribution >= 0.6 is 12.2 Å². The number of nitrogens with one attached hydrogen (secondary N) is 2. The van der Waals surface area contributed by atoms with Gasteiger partial charge in [0.05, 0.1) is 24.4 Å². The van der Waals surface area contributed by atoms with E-state index in [0.29, 0.717) is 11.3 Å². The molecule has 0 bridgehead atoms. The first-order chi connectivity index (χ1) is 9.52. The standard InChI is InChI=1S/C12H12N4O3S/c1-19-6-2-3-9(17)7(4-6)12(18)15-11-8(10(13)20)5-14-16-11/h2-5,17H,1H3,(H2,13,20)(H2,14,15,16,18). The monoisotopic (exact) mass is 292 g/mol. The van der Waals surface area contributed by atoms with Crippen molar-refractivity contribution >= 4 is 28.9 Å². The molecule has 1 heterocycles. The normalized spacial score (nSPS) is 10.1. The molecule has 0 atom stereocenters. The first-order valence-corrected chi connectivity index (χ1v) is 5.95. The molecule has 0 spiro atoms. The molecule has 7 nitrogen and oxygen atoms in total. The number of aromatic amines is 1. The van der Waals surface area contributed by atoms with E-state index < -0.39 is 5.91 Å². The number of hydrogen-bond donors (Lipinski definition) is 4. The van der Waals surface area contributed by atoms with Gasteiger partial charge in [0, 0.05) is 0 Å². The summed E-state index contributed by atoms with van der Waals surface area (Å²) < 4.78 is 5.01. The van der Waals surface area contributed by atoms with Gasteiger partial charge in [0.1, 0.15) is 22.3 Å². The van der Waals surface area contributed by atoms with E-state index in [2.05, 4.69) is 15.5 Å². The third kappa shape index (κ3) is 2.69. The fourth-order valence-corrected chi connectivity index (χ4v) is 1.73. The van der Waals surface area contributed by atoms with Crippen LogP contribution in [0.5, 0.6) is 11.5 Å². The van der Waals surface area contributed by atoms with Gasteiger partial charge in [-0.15, -0.1) is 0 Å². The molecule has 0 aliphatic carbocycles. The summed E-state index contributed by atoms with van der Waals surface area (Å²) in [5, 5.41) is 18.6. The largest absolute Gasteiger partial charge is 0.507 e. The van der Waals surface area contributed by atoms with Crippen molar-refractivity contribution in [3.8, 4) is 11.5 Å². The highest BCUT2D eigenvalue weighted by atomic mass is 32.1. The molecule has 0 saturated carbocycles. The zero-order valence-electron chi connectivity index (χ0n) is 10.5. The van der Waals surface area contributed by atoms with E-state index in [9.17, 15) is 9.90 Å². The topological polar surface area (TPSA) is 113 Å². The van der Waals surface area contributed by atoms with Gasteiger partial charge >= 0.3 is 0 Å². The number of thiocarbonyl (C=S) groups is 1. The Morgan fingerprint density at radius 2 is 2.25 bits per heavy atom. The van der Waals surface area contributed by atoms with Crippen LogP contribution in [0.25, 0.3) is 0 Å². The molecule has 0 radical (unpaired) electrons. The number of ether oxygens (including phenoxy) is 1. The lowest BCUT2D eigenvalue weighted by Gasteiger charge is -2.08. The number of methoxy groups -OCH3 is 1. The van der Waals surface area contributed by atoms with Crippen molar-refractivity contribution in [3.05, 3.63) is 35.5 Å². The maximum atomic E-state index is 12.1. The Labute approximate surface area is 119 Å². The molecular weight excluding hydrogens is 280 g/mol. The van der Waals surface area contributed by atoms with Crippen molar-refractivity contribution in [1.82, 2.24) is 10.2 Å². The van der Waals surface area contributed by atoms with Gasteiger partial charge in [0.15, 0.2) is 0 Å². The number of carbonyl (C=O) groups excluding carboxylic acids is 1. The quantitative estimate of drug-likeness (QED) is 0.625. The molecule has 20 heavy (non-hydrogen) atoms. The third-order valence-electron chi connectivity index (χ3n) is 2.59. The van der Waals surface area contributed by atoms with Gasteiger partial charge in [-0.2, -0.15) is 5.10 Å². The van der Waals surface area contributed by atoms with Crippen molar-refractivity contribution in [2.45, 2.75) is 0 Å². The molecular formula is C12H12N4O3S. The van der Waals surface area contributed by atoms with Gasteiger partial charge in [0.25, 0.3) is 5.91 Å². The van der Waals surface area contributed by atoms with Crippen molar-refractivity contribution in [3.63, 3.8) is 0 Å². The van der Waals surface area contributed by atoms with E-state index in [1.807, 2.05) is 0 Å². The summed E-state index contributed by atoms with van der Waals surface area (Å²) in [5.41, 5.74) is 5.98. The molecule has 0 aliphatic heterocycles. The number of aromatic nitrogens is 2. The highest BCUT2D eigenvalue weighted by Crippen LogP contribution is 2.24. The number of phenolic OH excluding ortho intramolecular Hbond substituents is 1. The molecule has 104 valence electrons. The molecule has 2 rings (SSSR count). The minimum Gasteiger partial charge on any atom is -0.507 e. The molecule has 1 aromatic heterocycles. The number of phenols is 1. The van der Waals surface area contributed by atoms with Crippen LogP contribution in [-0.4, -0.2) is 33.3 Å². The molecule has 0 fully saturated rings. The van der Waals surface area contributed by atoms with Crippen LogP contribution in [0, 0.1) is 0 Å². The Morgan fingerprint density at radius 1 is 1.50 bits per heavy atom. The molecule has 0 aliphatic rings. The Kier molecular flexibility index (Phi) is 3.85. The number of nitrogens with zero attached hydrogens (tertiary/aromatic N) is 1. The predicted octanol–water partition coefficient (Wildman–Crippen LogP) is 1.01. The molecule has 5 N–H and O–H groups in total. The van der Waals surface area contributed by atoms with Crippen molar-refractivity contribution in [1.29, 1.82) is 0 Å². The summed E-state index contributed by atoms with van der Waals surface area (Å²) in [7, 11) is 1.47. The van der Waals surface area contributed by atoms with E-state index in [4.69, 9.17) is 22.7 Å². The number of H-pyrrole nitrogens is 1. The molecule has 0 saturated heterocycles. The average molecular weight is 292 g/mol. The van der Waals surface area contributed by atoms with Crippen LogP contribution < -0.4 is 15.8 Å². The maximum absolute atomic E-state index is 12.1. The van der Waals surface area contributed by atoms with Gasteiger partial charge in [-0.3, -0.25) is 9.89 Å². The number of carbonyl (C=O) groups is 1. The van der Waals surface area contributed by atoms with Gasteiger partial charge in [-0.1, -0.05) is 12.2 Å². The van der Waals surface area contributed by atoms with Crippen molar-refractivity contribution < 1.29 is 14.6 Å².